The number of rotatable bonds is 2. The summed E-state index contributed by atoms with van der Waals surface area (Å²) in [7, 11) is 0. The summed E-state index contributed by atoms with van der Waals surface area (Å²) in [4.78, 5) is 31.9. The Kier molecular flexibility index (Phi) is 5.90. The standard InChI is InChI=1S/C56H32N2O2/c59-53-49-51(41-29-27-35(33-15-3-1-4-16-33)31-47(41)55(49)43-23-11-7-19-37(43)38-20-8-12-24-44(38)55)57-52-42-30-28-36(34-17-5-2-6-18-34)32-48(42)56(50(52)54(60)58(53)57)45-25-13-9-21-39(45)40-22-10-14-26-46(40)56/h1-32H. The molecule has 60 heavy (non-hydrogen) atoms. The van der Waals surface area contributed by atoms with Gasteiger partial charge in [0, 0.05) is 11.1 Å². The first-order valence-electron chi connectivity index (χ1n) is 20.6. The van der Waals surface area contributed by atoms with Crippen molar-refractivity contribution in [2.45, 2.75) is 10.8 Å². The SMILES string of the molecule is O=c1c2c(n3c4c(c(=O)n13)C1(c3ccccc3-c3ccccc31)c1cc(-c3ccccc3)ccc1-4)-c1ccc(-c3ccccc3)cc1C21c2ccccc2-c2ccccc21. The van der Waals surface area contributed by atoms with Gasteiger partial charge < -0.3 is 0 Å². The van der Waals surface area contributed by atoms with Crippen LogP contribution in [0.15, 0.2) is 204 Å². The second-order valence-electron chi connectivity index (χ2n) is 16.6. The molecule has 0 radical (unpaired) electrons. The molecule has 2 spiro atoms. The molecule has 278 valence electrons. The predicted octanol–water partition coefficient (Wildman–Crippen LogP) is 11.2. The highest BCUT2D eigenvalue weighted by Gasteiger charge is 2.59. The van der Waals surface area contributed by atoms with E-state index in [4.69, 9.17) is 0 Å². The van der Waals surface area contributed by atoms with Gasteiger partial charge in [0.2, 0.25) is 0 Å². The van der Waals surface area contributed by atoms with Crippen LogP contribution >= 0.6 is 0 Å². The third-order valence-electron chi connectivity index (χ3n) is 14.1. The van der Waals surface area contributed by atoms with Crippen molar-refractivity contribution < 1.29 is 0 Å². The Morgan fingerprint density at radius 3 is 0.983 bits per heavy atom. The predicted molar refractivity (Wildman–Crippen MR) is 238 cm³/mol. The van der Waals surface area contributed by atoms with Crippen molar-refractivity contribution in [3.63, 3.8) is 0 Å². The van der Waals surface area contributed by atoms with Crippen LogP contribution in [0.3, 0.4) is 0 Å². The average molecular weight is 765 g/mol. The second-order valence-corrected chi connectivity index (χ2v) is 16.6. The van der Waals surface area contributed by atoms with Crippen molar-refractivity contribution in [3.05, 3.63) is 259 Å². The zero-order valence-corrected chi connectivity index (χ0v) is 32.2. The third-order valence-corrected chi connectivity index (χ3v) is 14.1. The second kappa shape index (κ2) is 11.0. The van der Waals surface area contributed by atoms with Crippen LogP contribution in [0.1, 0.15) is 44.5 Å². The summed E-state index contributed by atoms with van der Waals surface area (Å²) in [5, 5.41) is 0. The van der Waals surface area contributed by atoms with Gasteiger partial charge in [-0.1, -0.05) is 182 Å². The highest BCUT2D eigenvalue weighted by molar-refractivity contribution is 5.99. The molecule has 4 nitrogen and oxygen atoms in total. The maximum absolute atomic E-state index is 15.9. The van der Waals surface area contributed by atoms with Crippen molar-refractivity contribution in [1.82, 2.24) is 9.03 Å². The van der Waals surface area contributed by atoms with Crippen LogP contribution in [-0.4, -0.2) is 9.03 Å². The number of nitrogens with zero attached hydrogens (tertiary/aromatic N) is 2. The molecular formula is C56H32N2O2. The summed E-state index contributed by atoms with van der Waals surface area (Å²) in [5.74, 6) is 0. The van der Waals surface area contributed by atoms with E-state index in [2.05, 4.69) is 182 Å². The highest BCUT2D eigenvalue weighted by Crippen LogP contribution is 2.65. The quantitative estimate of drug-likeness (QED) is 0.176. The molecule has 0 amide bonds. The van der Waals surface area contributed by atoms with E-state index in [9.17, 15) is 0 Å². The van der Waals surface area contributed by atoms with Gasteiger partial charge in [0.15, 0.2) is 0 Å². The van der Waals surface area contributed by atoms with Crippen LogP contribution in [0, 0.1) is 0 Å². The number of aromatic nitrogens is 2. The van der Waals surface area contributed by atoms with E-state index < -0.39 is 10.8 Å². The Morgan fingerprint density at radius 2 is 0.617 bits per heavy atom. The molecule has 0 unspecified atom stereocenters. The first-order chi connectivity index (χ1) is 29.6. The lowest BCUT2D eigenvalue weighted by atomic mass is 9.70. The Bertz CT molecular complexity index is 3320. The first kappa shape index (κ1) is 32.2. The normalized spacial score (nSPS) is 14.7. The fraction of sp³-hybridized carbons (Fsp3) is 0.0357. The Balaban J connectivity index is 1.17. The van der Waals surface area contributed by atoms with Crippen LogP contribution in [0.2, 0.25) is 0 Å². The van der Waals surface area contributed by atoms with E-state index in [1.165, 1.54) is 4.52 Å². The van der Waals surface area contributed by atoms with Gasteiger partial charge in [-0.25, -0.2) is 4.52 Å². The van der Waals surface area contributed by atoms with Gasteiger partial charge in [-0.15, -0.1) is 0 Å². The Morgan fingerprint density at radius 1 is 0.283 bits per heavy atom. The zero-order valence-electron chi connectivity index (χ0n) is 32.2. The number of hydrogen-bond acceptors (Lipinski definition) is 2. The van der Waals surface area contributed by atoms with Crippen LogP contribution < -0.4 is 11.1 Å². The molecule has 10 aromatic rings. The average Bonchev–Trinajstić information content (AvgIpc) is 4.11. The van der Waals surface area contributed by atoms with Gasteiger partial charge in [0.25, 0.3) is 11.1 Å². The highest BCUT2D eigenvalue weighted by atomic mass is 16.2. The summed E-state index contributed by atoms with van der Waals surface area (Å²) in [6.07, 6.45) is 0. The van der Waals surface area contributed by atoms with E-state index >= 15 is 9.59 Å². The van der Waals surface area contributed by atoms with Crippen molar-refractivity contribution in [3.8, 4) is 67.0 Å². The van der Waals surface area contributed by atoms with Gasteiger partial charge in [-0.2, -0.15) is 4.52 Å². The van der Waals surface area contributed by atoms with Crippen LogP contribution in [0.5, 0.6) is 0 Å². The van der Waals surface area contributed by atoms with Crippen molar-refractivity contribution >= 4 is 0 Å². The molecule has 0 N–H and O–H groups in total. The van der Waals surface area contributed by atoms with Crippen molar-refractivity contribution in [2.75, 3.05) is 0 Å². The minimum absolute atomic E-state index is 0.273. The molecule has 0 bridgehead atoms. The number of fused-ring (bicyclic) bond motifs is 23. The van der Waals surface area contributed by atoms with E-state index in [1.54, 1.807) is 0 Å². The molecule has 0 fully saturated rings. The summed E-state index contributed by atoms with van der Waals surface area (Å²) in [5.41, 5.74) is 17.5. The van der Waals surface area contributed by atoms with Crippen molar-refractivity contribution in [1.29, 1.82) is 0 Å². The van der Waals surface area contributed by atoms with Crippen molar-refractivity contribution in [2.24, 2.45) is 0 Å². The van der Waals surface area contributed by atoms with E-state index in [0.717, 1.165) is 100 Å². The minimum Gasteiger partial charge on any atom is -0.267 e. The molecule has 4 aliphatic carbocycles. The van der Waals surface area contributed by atoms with Gasteiger partial charge in [0.05, 0.1) is 33.3 Å². The summed E-state index contributed by atoms with van der Waals surface area (Å²) < 4.78 is 3.50. The molecule has 4 aliphatic rings. The van der Waals surface area contributed by atoms with E-state index in [1.807, 2.05) is 16.6 Å². The summed E-state index contributed by atoms with van der Waals surface area (Å²) in [6.45, 7) is 0. The molecule has 0 saturated heterocycles. The monoisotopic (exact) mass is 764 g/mol. The molecule has 2 heterocycles. The van der Waals surface area contributed by atoms with Gasteiger partial charge in [-0.3, -0.25) is 9.59 Å². The molecule has 0 saturated carbocycles. The molecule has 14 rings (SSSR count). The lowest BCUT2D eigenvalue weighted by Gasteiger charge is -2.29. The van der Waals surface area contributed by atoms with Crippen LogP contribution in [-0.2, 0) is 10.8 Å². The topological polar surface area (TPSA) is 43.0 Å². The maximum Gasteiger partial charge on any atom is 0.279 e. The lowest BCUT2D eigenvalue weighted by molar-refractivity contribution is 0.747. The van der Waals surface area contributed by atoms with Gasteiger partial charge >= 0.3 is 0 Å². The molecule has 0 aliphatic heterocycles. The number of hydrogen-bond donors (Lipinski definition) is 0. The summed E-state index contributed by atoms with van der Waals surface area (Å²) in [6, 6.07) is 68.3. The Hall–Kier alpha value is -7.82. The smallest absolute Gasteiger partial charge is 0.267 e. The lowest BCUT2D eigenvalue weighted by Crippen LogP contribution is -2.37. The Labute approximate surface area is 344 Å². The van der Waals surface area contributed by atoms with Crippen LogP contribution in [0.4, 0.5) is 0 Å². The first-order valence-corrected chi connectivity index (χ1v) is 20.6. The molecular weight excluding hydrogens is 733 g/mol. The van der Waals surface area contributed by atoms with Gasteiger partial charge in [-0.05, 0) is 90.0 Å². The van der Waals surface area contributed by atoms with Crippen LogP contribution in [0.25, 0.3) is 67.0 Å². The largest absolute Gasteiger partial charge is 0.279 e. The zero-order chi connectivity index (χ0) is 39.5. The number of benzene rings is 8. The van der Waals surface area contributed by atoms with E-state index in [-0.39, 0.29) is 11.1 Å². The molecule has 8 aromatic carbocycles. The van der Waals surface area contributed by atoms with Gasteiger partial charge in [0.1, 0.15) is 0 Å². The summed E-state index contributed by atoms with van der Waals surface area (Å²) >= 11 is 0. The maximum atomic E-state index is 15.9. The minimum atomic E-state index is -0.937. The molecule has 0 atom stereocenters. The fourth-order valence-electron chi connectivity index (χ4n) is 12.0. The van der Waals surface area contributed by atoms with E-state index in [0.29, 0.717) is 11.1 Å². The molecule has 4 heteroatoms. The molecule has 2 aromatic heterocycles. The fourth-order valence-corrected chi connectivity index (χ4v) is 12.0. The third kappa shape index (κ3) is 3.50.